The van der Waals surface area contributed by atoms with E-state index in [0.29, 0.717) is 56.0 Å². The van der Waals surface area contributed by atoms with Crippen molar-refractivity contribution >= 4 is 68.5 Å². The number of hydrogen-bond acceptors (Lipinski definition) is 13. The van der Waals surface area contributed by atoms with Gasteiger partial charge in [0.25, 0.3) is 0 Å². The van der Waals surface area contributed by atoms with Gasteiger partial charge in [0.2, 0.25) is 11.8 Å². The van der Waals surface area contributed by atoms with E-state index < -0.39 is 7.14 Å². The molecule has 2 fully saturated rings. The van der Waals surface area contributed by atoms with Gasteiger partial charge in [-0.15, -0.1) is 0 Å². The molecule has 0 bridgehead atoms. The van der Waals surface area contributed by atoms with Crippen molar-refractivity contribution in [3.05, 3.63) is 40.9 Å². The summed E-state index contributed by atoms with van der Waals surface area (Å²) in [5.41, 5.74) is 3.17. The number of fused-ring (bicyclic) bond motifs is 1. The number of nitrogens with one attached hydrogen (secondary N) is 2. The number of likely N-dealkylation sites (N-methyl/N-ethyl adjacent to an activating group) is 1. The number of rotatable bonds is 8. The number of hydrogen-bond donors (Lipinski definition) is 2. The van der Waals surface area contributed by atoms with E-state index in [0.717, 1.165) is 63.5 Å². The molecule has 0 aliphatic carbocycles. The van der Waals surface area contributed by atoms with E-state index in [1.807, 2.05) is 6.07 Å². The largest absolute Gasteiger partial charge is 0.479 e. The molecule has 0 aromatic carbocycles. The Balaban J connectivity index is 1.21. The van der Waals surface area contributed by atoms with Crippen LogP contribution in [0, 0.1) is 6.92 Å². The lowest BCUT2D eigenvalue weighted by molar-refractivity contribution is 0.0981. The number of methoxy groups -OCH3 is 1. The lowest BCUT2D eigenvalue weighted by Crippen LogP contribution is -2.52. The first-order valence-electron chi connectivity index (χ1n) is 15.1. The molecule has 2 aliphatic rings. The Bertz CT molecular complexity index is 1740. The Labute approximate surface area is 271 Å². The molecule has 6 rings (SSSR count). The van der Waals surface area contributed by atoms with Gasteiger partial charge in [-0.05, 0) is 67.7 Å². The molecular formula is C30H39BrN11O2P. The van der Waals surface area contributed by atoms with E-state index in [9.17, 15) is 4.57 Å². The number of anilines is 5. The molecule has 2 N–H and O–H groups in total. The molecule has 0 amide bonds. The molecule has 15 heteroatoms. The highest BCUT2D eigenvalue weighted by Gasteiger charge is 2.28. The highest BCUT2D eigenvalue weighted by Crippen LogP contribution is 2.41. The minimum absolute atomic E-state index is 0.340. The highest BCUT2D eigenvalue weighted by molar-refractivity contribution is 9.10. The lowest BCUT2D eigenvalue weighted by atomic mass is 10.0. The summed E-state index contributed by atoms with van der Waals surface area (Å²) < 4.78 is 19.7. The summed E-state index contributed by atoms with van der Waals surface area (Å²) in [5, 5.41) is 7.13. The van der Waals surface area contributed by atoms with Gasteiger partial charge < -0.3 is 29.7 Å². The number of piperidine rings is 1. The van der Waals surface area contributed by atoms with Gasteiger partial charge in [-0.2, -0.15) is 9.97 Å². The number of nitrogens with zero attached hydrogens (tertiary/aromatic N) is 9. The molecule has 0 unspecified atom stereocenters. The van der Waals surface area contributed by atoms with Crippen molar-refractivity contribution in [1.29, 1.82) is 0 Å². The molecule has 0 spiro atoms. The van der Waals surface area contributed by atoms with Crippen LogP contribution in [0.1, 0.15) is 18.4 Å². The standard InChI is InChI=1S/C30H39BrN11O2P/c1-19-16-22(29(44-3)39-28(19)42-10-6-20(7-11-42)41-14-12-40(2)13-15-41)37-30-35-17-21(31)26(38-30)36-23-18-34-27-24(32-8-9-33-27)25(23)45(4,5)43/h8-9,16-18,20H,6-7,10-15H2,1-5H3,(H2,35,36,37,38). The molecule has 6 heterocycles. The van der Waals surface area contributed by atoms with Crippen LogP contribution in [-0.4, -0.2) is 113 Å². The molecule has 45 heavy (non-hydrogen) atoms. The second kappa shape index (κ2) is 13.1. The fourth-order valence-corrected chi connectivity index (χ4v) is 7.74. The first kappa shape index (κ1) is 31.5. The van der Waals surface area contributed by atoms with E-state index in [1.165, 1.54) is 0 Å². The molecular weight excluding hydrogens is 657 g/mol. The predicted octanol–water partition coefficient (Wildman–Crippen LogP) is 4.24. The Morgan fingerprint density at radius 3 is 2.38 bits per heavy atom. The second-order valence-corrected chi connectivity index (χ2v) is 16.0. The Morgan fingerprint density at radius 1 is 0.933 bits per heavy atom. The van der Waals surface area contributed by atoms with Gasteiger partial charge in [0.15, 0.2) is 5.65 Å². The number of pyridine rings is 2. The molecule has 0 radical (unpaired) electrons. The summed E-state index contributed by atoms with van der Waals surface area (Å²) >= 11 is 3.54. The first-order chi connectivity index (χ1) is 21.6. The van der Waals surface area contributed by atoms with E-state index in [1.54, 1.807) is 45.2 Å². The predicted molar refractivity (Wildman–Crippen MR) is 183 cm³/mol. The normalized spacial score (nSPS) is 17.1. The van der Waals surface area contributed by atoms with Crippen molar-refractivity contribution < 1.29 is 9.30 Å². The second-order valence-electron chi connectivity index (χ2n) is 12.0. The van der Waals surface area contributed by atoms with Gasteiger partial charge >= 0.3 is 0 Å². The van der Waals surface area contributed by atoms with E-state index in [2.05, 4.69) is 75.2 Å². The fraction of sp³-hybridized carbons (Fsp3) is 0.467. The van der Waals surface area contributed by atoms with Crippen LogP contribution in [0.4, 0.5) is 29.0 Å². The number of ether oxygens (including phenoxy) is 1. The quantitative estimate of drug-likeness (QED) is 0.255. The molecule has 238 valence electrons. The third-order valence-corrected chi connectivity index (χ3v) is 10.5. The average molecular weight is 697 g/mol. The number of halogens is 1. The van der Waals surface area contributed by atoms with Gasteiger partial charge in [-0.25, -0.2) is 15.0 Å². The zero-order valence-corrected chi connectivity index (χ0v) is 28.8. The molecule has 2 saturated heterocycles. The Kier molecular flexibility index (Phi) is 9.19. The van der Waals surface area contributed by atoms with Gasteiger partial charge in [-0.1, -0.05) is 0 Å². The SMILES string of the molecule is COc1nc(N2CCC(N3CCN(C)CC3)CC2)c(C)cc1Nc1ncc(Br)c(Nc2cnc3nccnc3c2P(C)(C)=O)n1. The van der Waals surface area contributed by atoms with Gasteiger partial charge in [0, 0.05) is 63.9 Å². The van der Waals surface area contributed by atoms with Gasteiger partial charge in [0.05, 0.1) is 28.8 Å². The Hall–Kier alpha value is -3.45. The minimum Gasteiger partial charge on any atom is -0.479 e. The molecule has 13 nitrogen and oxygen atoms in total. The summed E-state index contributed by atoms with van der Waals surface area (Å²) in [6.07, 6.45) is 8.65. The maximum Gasteiger partial charge on any atom is 0.239 e. The summed E-state index contributed by atoms with van der Waals surface area (Å²) in [6.45, 7) is 12.0. The number of aromatic nitrogens is 6. The molecule has 4 aromatic heterocycles. The topological polar surface area (TPSA) is 137 Å². The molecule has 4 aromatic rings. The summed E-state index contributed by atoms with van der Waals surface area (Å²) in [6, 6.07) is 2.66. The summed E-state index contributed by atoms with van der Waals surface area (Å²) in [4.78, 5) is 34.6. The maximum absolute atomic E-state index is 13.4. The fourth-order valence-electron chi connectivity index (χ4n) is 6.09. The molecule has 0 atom stereocenters. The zero-order chi connectivity index (χ0) is 31.7. The van der Waals surface area contributed by atoms with Crippen molar-refractivity contribution in [2.24, 2.45) is 0 Å². The number of piperazine rings is 1. The van der Waals surface area contributed by atoms with Crippen molar-refractivity contribution in [2.45, 2.75) is 25.8 Å². The van der Waals surface area contributed by atoms with E-state index >= 15 is 0 Å². The minimum atomic E-state index is -2.78. The number of aryl methyl sites for hydroxylation is 1. The average Bonchev–Trinajstić information content (AvgIpc) is 3.02. The Morgan fingerprint density at radius 2 is 1.67 bits per heavy atom. The van der Waals surface area contributed by atoms with E-state index in [-0.39, 0.29) is 0 Å². The van der Waals surface area contributed by atoms with Crippen molar-refractivity contribution in [3.8, 4) is 5.88 Å². The van der Waals surface area contributed by atoms with Crippen LogP contribution in [0.2, 0.25) is 0 Å². The van der Waals surface area contributed by atoms with Gasteiger partial charge in [0.1, 0.15) is 30.0 Å². The highest BCUT2D eigenvalue weighted by atomic mass is 79.9. The summed E-state index contributed by atoms with van der Waals surface area (Å²) in [7, 11) is 1.04. The third kappa shape index (κ3) is 6.89. The maximum atomic E-state index is 13.4. The van der Waals surface area contributed by atoms with Crippen LogP contribution in [-0.2, 0) is 4.57 Å². The first-order valence-corrected chi connectivity index (χ1v) is 18.4. The smallest absolute Gasteiger partial charge is 0.239 e. The van der Waals surface area contributed by atoms with Crippen molar-refractivity contribution in [1.82, 2.24) is 39.7 Å². The molecule has 0 saturated carbocycles. The van der Waals surface area contributed by atoms with Crippen LogP contribution in [0.5, 0.6) is 5.88 Å². The zero-order valence-electron chi connectivity index (χ0n) is 26.3. The van der Waals surface area contributed by atoms with E-state index in [4.69, 9.17) is 14.7 Å². The third-order valence-electron chi connectivity index (χ3n) is 8.42. The monoisotopic (exact) mass is 695 g/mol. The summed E-state index contributed by atoms with van der Waals surface area (Å²) in [5.74, 6) is 2.22. The van der Waals surface area contributed by atoms with Gasteiger partial charge in [-0.3, -0.25) is 9.88 Å². The lowest BCUT2D eigenvalue weighted by Gasteiger charge is -2.42. The van der Waals surface area contributed by atoms with Crippen LogP contribution in [0.25, 0.3) is 11.2 Å². The van der Waals surface area contributed by atoms with Crippen molar-refractivity contribution in [2.75, 3.05) is 82.3 Å². The van der Waals surface area contributed by atoms with Crippen LogP contribution >= 0.6 is 23.1 Å². The van der Waals surface area contributed by atoms with Crippen molar-refractivity contribution in [3.63, 3.8) is 0 Å². The molecule has 2 aliphatic heterocycles. The van der Waals surface area contributed by atoms with Crippen LogP contribution in [0.15, 0.2) is 35.3 Å². The van der Waals surface area contributed by atoms with Crippen LogP contribution < -0.4 is 25.6 Å². The van der Waals surface area contributed by atoms with Crippen LogP contribution in [0.3, 0.4) is 0 Å².